The molecular weight excluding hydrogens is 358 g/mol. The van der Waals surface area contributed by atoms with E-state index in [2.05, 4.69) is 40.0 Å². The number of amides is 1. The average Bonchev–Trinajstić information content (AvgIpc) is 3.39. The lowest BCUT2D eigenvalue weighted by molar-refractivity contribution is -0.122. The highest BCUT2D eigenvalue weighted by atomic mass is 35.5. The highest BCUT2D eigenvalue weighted by Gasteiger charge is 2.27. The molecule has 27 heavy (non-hydrogen) atoms. The van der Waals surface area contributed by atoms with E-state index >= 15 is 0 Å². The molecule has 2 aromatic carbocycles. The van der Waals surface area contributed by atoms with Crippen LogP contribution in [0.25, 0.3) is 10.9 Å². The van der Waals surface area contributed by atoms with Crippen LogP contribution in [0.2, 0.25) is 5.02 Å². The molecule has 4 nitrogen and oxygen atoms in total. The molecule has 0 radical (unpaired) electrons. The molecule has 1 heterocycles. The smallest absolute Gasteiger partial charge is 0.237 e. The van der Waals surface area contributed by atoms with Gasteiger partial charge in [0, 0.05) is 40.6 Å². The van der Waals surface area contributed by atoms with Gasteiger partial charge in [-0.25, -0.2) is 0 Å². The number of benzene rings is 2. The number of aromatic nitrogens is 1. The molecule has 1 fully saturated rings. The maximum atomic E-state index is 12.3. The van der Waals surface area contributed by atoms with Crippen molar-refractivity contribution in [3.8, 4) is 0 Å². The molecule has 5 heteroatoms. The van der Waals surface area contributed by atoms with E-state index in [1.165, 1.54) is 10.9 Å². The molecule has 1 amide bonds. The fourth-order valence-corrected chi connectivity index (χ4v) is 3.74. The summed E-state index contributed by atoms with van der Waals surface area (Å²) >= 11 is 6.52. The van der Waals surface area contributed by atoms with Crippen molar-refractivity contribution in [2.24, 2.45) is 0 Å². The quantitative estimate of drug-likeness (QED) is 0.574. The Kier molecular flexibility index (Phi) is 5.19. The number of fused-ring (bicyclic) bond motifs is 1. The largest absolute Gasteiger partial charge is 0.361 e. The Morgan fingerprint density at radius 1 is 1.15 bits per heavy atom. The van der Waals surface area contributed by atoms with Gasteiger partial charge < -0.3 is 15.6 Å². The molecule has 0 spiro atoms. The van der Waals surface area contributed by atoms with Crippen LogP contribution in [0.15, 0.2) is 54.7 Å². The summed E-state index contributed by atoms with van der Waals surface area (Å²) < 4.78 is 0. The Balaban J connectivity index is 1.60. The number of H-pyrrole nitrogens is 1. The summed E-state index contributed by atoms with van der Waals surface area (Å²) in [5.41, 5.74) is 3.34. The van der Waals surface area contributed by atoms with Crippen molar-refractivity contribution in [2.45, 2.75) is 37.8 Å². The van der Waals surface area contributed by atoms with Gasteiger partial charge in [-0.1, -0.05) is 48.0 Å². The summed E-state index contributed by atoms with van der Waals surface area (Å²) in [6, 6.07) is 16.3. The third kappa shape index (κ3) is 4.02. The van der Waals surface area contributed by atoms with Crippen molar-refractivity contribution in [3.05, 3.63) is 70.9 Å². The van der Waals surface area contributed by atoms with Crippen molar-refractivity contribution in [2.75, 3.05) is 6.54 Å². The van der Waals surface area contributed by atoms with Gasteiger partial charge in [-0.05, 0) is 43.0 Å². The van der Waals surface area contributed by atoms with Crippen LogP contribution >= 0.6 is 11.6 Å². The minimum absolute atomic E-state index is 0.0472. The lowest BCUT2D eigenvalue weighted by atomic mass is 9.90. The summed E-state index contributed by atoms with van der Waals surface area (Å²) in [7, 11) is 0. The number of carbonyl (C=O) groups is 1. The predicted octanol–water partition coefficient (Wildman–Crippen LogP) is 4.21. The van der Waals surface area contributed by atoms with Gasteiger partial charge in [0.25, 0.3) is 0 Å². The van der Waals surface area contributed by atoms with E-state index in [1.807, 2.05) is 37.3 Å². The molecule has 0 unspecified atom stereocenters. The van der Waals surface area contributed by atoms with E-state index in [9.17, 15) is 4.79 Å². The molecular formula is C22H24ClN3O. The van der Waals surface area contributed by atoms with Gasteiger partial charge in [0.1, 0.15) is 0 Å². The van der Waals surface area contributed by atoms with Crippen LogP contribution in [0.3, 0.4) is 0 Å². The van der Waals surface area contributed by atoms with E-state index in [0.29, 0.717) is 12.6 Å². The van der Waals surface area contributed by atoms with E-state index in [4.69, 9.17) is 11.6 Å². The number of hydrogen-bond donors (Lipinski definition) is 3. The molecule has 4 rings (SSSR count). The molecule has 0 saturated heterocycles. The monoisotopic (exact) mass is 381 g/mol. The van der Waals surface area contributed by atoms with Gasteiger partial charge in [-0.15, -0.1) is 0 Å². The van der Waals surface area contributed by atoms with Crippen LogP contribution in [0.4, 0.5) is 0 Å². The first-order valence-electron chi connectivity index (χ1n) is 9.47. The molecule has 0 bridgehead atoms. The first kappa shape index (κ1) is 18.1. The fourth-order valence-electron chi connectivity index (χ4n) is 3.47. The first-order chi connectivity index (χ1) is 13.1. The Morgan fingerprint density at radius 2 is 1.89 bits per heavy atom. The number of para-hydroxylation sites is 1. The van der Waals surface area contributed by atoms with Crippen LogP contribution in [-0.4, -0.2) is 29.5 Å². The minimum atomic E-state index is -0.249. The van der Waals surface area contributed by atoms with E-state index in [1.54, 1.807) is 0 Å². The van der Waals surface area contributed by atoms with Crippen LogP contribution in [0.1, 0.15) is 36.8 Å². The number of nitrogens with one attached hydrogen (secondary N) is 3. The molecule has 1 aliphatic carbocycles. The van der Waals surface area contributed by atoms with Gasteiger partial charge >= 0.3 is 0 Å². The van der Waals surface area contributed by atoms with Crippen molar-refractivity contribution < 1.29 is 4.79 Å². The molecule has 2 atom stereocenters. The summed E-state index contributed by atoms with van der Waals surface area (Å²) in [4.78, 5) is 15.7. The zero-order valence-corrected chi connectivity index (χ0v) is 16.1. The number of carbonyl (C=O) groups excluding carboxylic acids is 1. The molecule has 0 aliphatic heterocycles. The third-order valence-corrected chi connectivity index (χ3v) is 5.57. The fraction of sp³-hybridized carbons (Fsp3) is 0.318. The molecule has 1 aliphatic rings. The second-order valence-electron chi connectivity index (χ2n) is 7.28. The zero-order valence-electron chi connectivity index (χ0n) is 15.3. The first-order valence-corrected chi connectivity index (χ1v) is 9.85. The lowest BCUT2D eigenvalue weighted by Gasteiger charge is -2.22. The van der Waals surface area contributed by atoms with Crippen molar-refractivity contribution in [1.29, 1.82) is 0 Å². The number of hydrogen-bond acceptors (Lipinski definition) is 2. The summed E-state index contributed by atoms with van der Waals surface area (Å²) in [6.07, 6.45) is 4.24. The Bertz CT molecular complexity index is 947. The highest BCUT2D eigenvalue weighted by Crippen LogP contribution is 2.34. The Morgan fingerprint density at radius 3 is 2.67 bits per heavy atom. The van der Waals surface area contributed by atoms with Crippen molar-refractivity contribution >= 4 is 28.4 Å². The van der Waals surface area contributed by atoms with E-state index in [-0.39, 0.29) is 17.9 Å². The standard InChI is InChI=1S/C22H24ClN3O/c1-14(22(27)26-15-10-11-15)24-12-18(16-6-2-4-8-20(16)23)19-13-25-21-9-5-3-7-17(19)21/h2-9,13-15,18,24-25H,10-12H2,1H3,(H,26,27)/t14-,18+/m0/s1. The normalized spacial score (nSPS) is 16.2. The summed E-state index contributed by atoms with van der Waals surface area (Å²) in [5.74, 6) is 0.111. The van der Waals surface area contributed by atoms with Crippen LogP contribution < -0.4 is 10.6 Å². The third-order valence-electron chi connectivity index (χ3n) is 5.22. The molecule has 3 aromatic rings. The highest BCUT2D eigenvalue weighted by molar-refractivity contribution is 6.31. The Labute approximate surface area is 164 Å². The number of rotatable bonds is 7. The summed E-state index contributed by atoms with van der Waals surface area (Å²) in [6.45, 7) is 2.54. The van der Waals surface area contributed by atoms with Gasteiger partial charge in [-0.3, -0.25) is 4.79 Å². The van der Waals surface area contributed by atoms with Gasteiger partial charge in [0.15, 0.2) is 0 Å². The van der Waals surface area contributed by atoms with Crippen LogP contribution in [0, 0.1) is 0 Å². The Hall–Kier alpha value is -2.30. The van der Waals surface area contributed by atoms with Gasteiger partial charge in [0.2, 0.25) is 5.91 Å². The maximum absolute atomic E-state index is 12.3. The van der Waals surface area contributed by atoms with E-state index < -0.39 is 0 Å². The molecule has 3 N–H and O–H groups in total. The second-order valence-corrected chi connectivity index (χ2v) is 7.68. The molecule has 1 aromatic heterocycles. The van der Waals surface area contributed by atoms with Crippen LogP contribution in [-0.2, 0) is 4.79 Å². The van der Waals surface area contributed by atoms with Crippen LogP contribution in [0.5, 0.6) is 0 Å². The number of halogens is 1. The topological polar surface area (TPSA) is 56.9 Å². The van der Waals surface area contributed by atoms with Crippen molar-refractivity contribution in [3.63, 3.8) is 0 Å². The SMILES string of the molecule is C[C@H](NC[C@H](c1ccccc1Cl)c1c[nH]c2ccccc12)C(=O)NC1CC1. The second kappa shape index (κ2) is 7.75. The van der Waals surface area contributed by atoms with Gasteiger partial charge in [-0.2, -0.15) is 0 Å². The zero-order chi connectivity index (χ0) is 18.8. The molecule has 140 valence electrons. The summed E-state index contributed by atoms with van der Waals surface area (Å²) in [5, 5.41) is 8.39. The van der Waals surface area contributed by atoms with Gasteiger partial charge in [0.05, 0.1) is 6.04 Å². The minimum Gasteiger partial charge on any atom is -0.361 e. The lowest BCUT2D eigenvalue weighted by Crippen LogP contribution is -2.44. The average molecular weight is 382 g/mol. The molecule has 1 saturated carbocycles. The predicted molar refractivity (Wildman–Crippen MR) is 110 cm³/mol. The van der Waals surface area contributed by atoms with E-state index in [0.717, 1.165) is 28.9 Å². The maximum Gasteiger partial charge on any atom is 0.237 e. The number of aromatic amines is 1. The van der Waals surface area contributed by atoms with Crippen molar-refractivity contribution in [1.82, 2.24) is 15.6 Å².